The number of carbonyl (C=O) groups is 1. The van der Waals surface area contributed by atoms with Gasteiger partial charge in [0.1, 0.15) is 5.57 Å². The fourth-order valence-corrected chi connectivity index (χ4v) is 0.237. The van der Waals surface area contributed by atoms with E-state index < -0.39 is 24.1 Å². The zero-order chi connectivity index (χ0) is 8.36. The lowest BCUT2D eigenvalue weighted by atomic mass is 10.2. The summed E-state index contributed by atoms with van der Waals surface area (Å²) in [5.74, 6) is -5.83. The molecule has 0 unspecified atom stereocenters. The van der Waals surface area contributed by atoms with Crippen LogP contribution in [-0.2, 0) is 4.79 Å². The van der Waals surface area contributed by atoms with E-state index in [1.165, 1.54) is 0 Å². The smallest absolute Gasteiger partial charge is 0.337 e. The van der Waals surface area contributed by atoms with E-state index >= 15 is 0 Å². The lowest BCUT2D eigenvalue weighted by Gasteiger charge is -2.10. The van der Waals surface area contributed by atoms with Crippen LogP contribution in [0.3, 0.4) is 0 Å². The lowest BCUT2D eigenvalue weighted by molar-refractivity contribution is -0.136. The van der Waals surface area contributed by atoms with Gasteiger partial charge in [0.05, 0.1) is 0 Å². The van der Waals surface area contributed by atoms with Crippen LogP contribution >= 0.6 is 0 Å². The first kappa shape index (κ1) is 9.00. The quantitative estimate of drug-likeness (QED) is 0.621. The fraction of sp³-hybridized carbons (Fsp3) is 0.400. The number of halogens is 3. The molecule has 0 spiro atoms. The van der Waals surface area contributed by atoms with Crippen LogP contribution in [0.1, 0.15) is 0 Å². The maximum absolute atomic E-state index is 11.9. The topological polar surface area (TPSA) is 37.3 Å². The van der Waals surface area contributed by atoms with Gasteiger partial charge in [-0.15, -0.1) is 0 Å². The Balaban J connectivity index is 4.33. The van der Waals surface area contributed by atoms with Crippen molar-refractivity contribution in [3.63, 3.8) is 0 Å². The average molecular weight is 154 g/mol. The van der Waals surface area contributed by atoms with Crippen molar-refractivity contribution < 1.29 is 23.1 Å². The minimum atomic E-state index is -3.94. The first-order valence-electron chi connectivity index (χ1n) is 2.28. The third kappa shape index (κ3) is 1.75. The maximum Gasteiger partial charge on any atom is 0.337 e. The number of alkyl halides is 3. The van der Waals surface area contributed by atoms with Crippen molar-refractivity contribution in [2.45, 2.75) is 5.92 Å². The van der Waals surface area contributed by atoms with Gasteiger partial charge in [-0.3, -0.25) is 0 Å². The third-order valence-electron chi connectivity index (χ3n) is 0.867. The first-order valence-corrected chi connectivity index (χ1v) is 2.28. The molecule has 2 nitrogen and oxygen atoms in total. The Labute approximate surface area is 55.0 Å². The van der Waals surface area contributed by atoms with Crippen LogP contribution in [0.15, 0.2) is 12.2 Å². The summed E-state index contributed by atoms with van der Waals surface area (Å²) in [5.41, 5.74) is -1.42. The highest BCUT2D eigenvalue weighted by Crippen LogP contribution is 2.22. The summed E-state index contributed by atoms with van der Waals surface area (Å²) < 4.78 is 35.2. The Bertz CT molecular complexity index is 164. The highest BCUT2D eigenvalue weighted by molar-refractivity contribution is 5.87. The Kier molecular flexibility index (Phi) is 2.45. The summed E-state index contributed by atoms with van der Waals surface area (Å²) in [6.45, 7) is 0.478. The monoisotopic (exact) mass is 154 g/mol. The van der Waals surface area contributed by atoms with Gasteiger partial charge in [0.15, 0.2) is 6.67 Å². The van der Waals surface area contributed by atoms with Crippen LogP contribution in [0.2, 0.25) is 0 Å². The standard InChI is InChI=1S/C5H5F3O2/c1-3(4(9)10)5(7,8)2-6/h1-2H2,(H,9,10). The number of hydrogen-bond acceptors (Lipinski definition) is 1. The Hall–Kier alpha value is -1.00. The van der Waals surface area contributed by atoms with Crippen molar-refractivity contribution >= 4 is 5.97 Å². The molecule has 0 aromatic rings. The van der Waals surface area contributed by atoms with Gasteiger partial charge in [-0.05, 0) is 0 Å². The summed E-state index contributed by atoms with van der Waals surface area (Å²) >= 11 is 0. The Morgan fingerprint density at radius 2 is 2.00 bits per heavy atom. The minimum Gasteiger partial charge on any atom is -0.478 e. The molecule has 0 aliphatic carbocycles. The molecule has 0 amide bonds. The molecule has 58 valence electrons. The molecule has 0 bridgehead atoms. The van der Waals surface area contributed by atoms with E-state index in [-0.39, 0.29) is 0 Å². The molecule has 1 N–H and O–H groups in total. The molecular formula is C5H5F3O2. The predicted molar refractivity (Wildman–Crippen MR) is 27.7 cm³/mol. The van der Waals surface area contributed by atoms with Gasteiger partial charge in [0, 0.05) is 0 Å². The normalized spacial score (nSPS) is 11.1. The summed E-state index contributed by atoms with van der Waals surface area (Å²) in [6.07, 6.45) is 0. The molecule has 0 aromatic heterocycles. The van der Waals surface area contributed by atoms with Gasteiger partial charge >= 0.3 is 11.9 Å². The van der Waals surface area contributed by atoms with Crippen molar-refractivity contribution in [1.82, 2.24) is 0 Å². The van der Waals surface area contributed by atoms with E-state index in [2.05, 4.69) is 6.58 Å². The van der Waals surface area contributed by atoms with Gasteiger partial charge < -0.3 is 5.11 Å². The predicted octanol–water partition coefficient (Wildman–Crippen LogP) is 1.23. The first-order chi connectivity index (χ1) is 4.41. The van der Waals surface area contributed by atoms with E-state index in [1.807, 2.05) is 0 Å². The minimum absolute atomic E-state index is 1.42. The van der Waals surface area contributed by atoms with Crippen LogP contribution in [0.4, 0.5) is 13.2 Å². The molecular weight excluding hydrogens is 149 g/mol. The summed E-state index contributed by atoms with van der Waals surface area (Å²) in [7, 11) is 0. The lowest BCUT2D eigenvalue weighted by Crippen LogP contribution is -2.26. The largest absolute Gasteiger partial charge is 0.478 e. The molecule has 0 saturated heterocycles. The molecule has 0 radical (unpaired) electrons. The number of carboxylic acid groups (broad SMARTS) is 1. The van der Waals surface area contributed by atoms with E-state index in [0.717, 1.165) is 0 Å². The van der Waals surface area contributed by atoms with Crippen molar-refractivity contribution in [2.24, 2.45) is 0 Å². The second-order valence-corrected chi connectivity index (χ2v) is 1.62. The number of aliphatic carboxylic acids is 1. The van der Waals surface area contributed by atoms with Gasteiger partial charge in [-0.2, -0.15) is 8.78 Å². The van der Waals surface area contributed by atoms with Crippen LogP contribution in [-0.4, -0.2) is 23.7 Å². The maximum atomic E-state index is 11.9. The van der Waals surface area contributed by atoms with Crippen LogP contribution < -0.4 is 0 Å². The average Bonchev–Trinajstić information content (AvgIpc) is 1.86. The van der Waals surface area contributed by atoms with E-state index in [4.69, 9.17) is 5.11 Å². The van der Waals surface area contributed by atoms with Crippen molar-refractivity contribution in [1.29, 1.82) is 0 Å². The Morgan fingerprint density at radius 3 is 2.10 bits per heavy atom. The summed E-state index contributed by atoms with van der Waals surface area (Å²) in [5, 5.41) is 7.90. The van der Waals surface area contributed by atoms with Crippen LogP contribution in [0.5, 0.6) is 0 Å². The Morgan fingerprint density at radius 1 is 1.60 bits per heavy atom. The molecule has 0 atom stereocenters. The molecule has 0 heterocycles. The number of rotatable bonds is 3. The van der Waals surface area contributed by atoms with Gasteiger partial charge in [0.2, 0.25) is 0 Å². The SMILES string of the molecule is C=C(C(=O)O)C(F)(F)CF. The van der Waals surface area contributed by atoms with Crippen LogP contribution in [0, 0.1) is 0 Å². The van der Waals surface area contributed by atoms with Crippen molar-refractivity contribution in [3.05, 3.63) is 12.2 Å². The van der Waals surface area contributed by atoms with E-state index in [1.54, 1.807) is 0 Å². The van der Waals surface area contributed by atoms with Crippen molar-refractivity contribution in [3.8, 4) is 0 Å². The summed E-state index contributed by atoms with van der Waals surface area (Å²) in [4.78, 5) is 9.76. The third-order valence-corrected chi connectivity index (χ3v) is 0.867. The summed E-state index contributed by atoms with van der Waals surface area (Å²) in [6, 6.07) is 0. The molecule has 0 aromatic carbocycles. The molecule has 0 saturated carbocycles. The van der Waals surface area contributed by atoms with Gasteiger partial charge in [-0.1, -0.05) is 6.58 Å². The molecule has 0 aliphatic heterocycles. The highest BCUT2D eigenvalue weighted by atomic mass is 19.3. The molecule has 0 rings (SSSR count). The fourth-order valence-electron chi connectivity index (χ4n) is 0.237. The second-order valence-electron chi connectivity index (χ2n) is 1.62. The second kappa shape index (κ2) is 2.72. The van der Waals surface area contributed by atoms with Gasteiger partial charge in [0.25, 0.3) is 0 Å². The molecule has 0 fully saturated rings. The molecule has 0 aliphatic rings. The molecule has 10 heavy (non-hydrogen) atoms. The zero-order valence-electron chi connectivity index (χ0n) is 4.90. The van der Waals surface area contributed by atoms with Crippen LogP contribution in [0.25, 0.3) is 0 Å². The zero-order valence-corrected chi connectivity index (χ0v) is 4.90. The number of hydrogen-bond donors (Lipinski definition) is 1. The highest BCUT2D eigenvalue weighted by Gasteiger charge is 2.37. The van der Waals surface area contributed by atoms with E-state index in [0.29, 0.717) is 0 Å². The van der Waals surface area contributed by atoms with Crippen molar-refractivity contribution in [2.75, 3.05) is 6.67 Å². The van der Waals surface area contributed by atoms with E-state index in [9.17, 15) is 18.0 Å². The molecule has 5 heteroatoms. The van der Waals surface area contributed by atoms with Gasteiger partial charge in [-0.25, -0.2) is 9.18 Å². The number of carboxylic acids is 1.